The molecule has 0 aliphatic carbocycles. The number of carbonyl (C=O) groups is 2. The molecule has 0 saturated carbocycles. The Morgan fingerprint density at radius 1 is 1.41 bits per heavy atom. The molecule has 1 aromatic carbocycles. The molecule has 2 amide bonds. The summed E-state index contributed by atoms with van der Waals surface area (Å²) in [6.07, 6.45) is -3.90. The Balaban J connectivity index is 2.42. The van der Waals surface area contributed by atoms with E-state index in [1.54, 1.807) is 13.1 Å². The maximum Gasteiger partial charge on any atom is 0.416 e. The van der Waals surface area contributed by atoms with Crippen molar-refractivity contribution in [3.8, 4) is 0 Å². The third-order valence-electron chi connectivity index (χ3n) is 4.47. The van der Waals surface area contributed by atoms with Crippen LogP contribution in [-0.2, 0) is 22.3 Å². The van der Waals surface area contributed by atoms with Crippen molar-refractivity contribution in [3.05, 3.63) is 34.9 Å². The van der Waals surface area contributed by atoms with Gasteiger partial charge in [-0.2, -0.15) is 13.2 Å². The Bertz CT molecular complexity index is 628. The van der Waals surface area contributed by atoms with Crippen LogP contribution in [0.3, 0.4) is 0 Å². The SMILES string of the molecule is Cc1c(C[N+]2(C)C(=O)CC[C@H]2C(N)=O)cccc1C(F)(F)F. The van der Waals surface area contributed by atoms with Gasteiger partial charge in [0.25, 0.3) is 5.91 Å². The molecule has 22 heavy (non-hydrogen) atoms. The number of likely N-dealkylation sites (N-methyl/N-ethyl adjacent to an activating group) is 1. The third-order valence-corrected chi connectivity index (χ3v) is 4.47. The van der Waals surface area contributed by atoms with E-state index in [2.05, 4.69) is 0 Å². The summed E-state index contributed by atoms with van der Waals surface area (Å²) in [5.41, 5.74) is 5.10. The average molecular weight is 315 g/mol. The molecule has 0 radical (unpaired) electrons. The van der Waals surface area contributed by atoms with Crippen LogP contribution < -0.4 is 5.73 Å². The molecule has 120 valence electrons. The van der Waals surface area contributed by atoms with Crippen LogP contribution in [0.15, 0.2) is 18.2 Å². The summed E-state index contributed by atoms with van der Waals surface area (Å²) in [7, 11) is 1.56. The number of nitrogens with zero attached hydrogens (tertiary/aromatic N) is 1. The van der Waals surface area contributed by atoms with E-state index in [4.69, 9.17) is 5.73 Å². The molecule has 2 atom stereocenters. The van der Waals surface area contributed by atoms with Crippen LogP contribution in [0.25, 0.3) is 0 Å². The minimum atomic E-state index is -4.45. The fourth-order valence-electron chi connectivity index (χ4n) is 3.11. The number of alkyl halides is 3. The number of rotatable bonds is 3. The predicted molar refractivity (Wildman–Crippen MR) is 73.3 cm³/mol. The van der Waals surface area contributed by atoms with Crippen LogP contribution in [0.2, 0.25) is 0 Å². The molecule has 2 N–H and O–H groups in total. The minimum Gasteiger partial charge on any atom is -0.364 e. The highest BCUT2D eigenvalue weighted by Crippen LogP contribution is 2.35. The summed E-state index contributed by atoms with van der Waals surface area (Å²) in [5.74, 6) is -0.779. The van der Waals surface area contributed by atoms with Crippen molar-refractivity contribution < 1.29 is 27.2 Å². The predicted octanol–water partition coefficient (Wildman–Crippen LogP) is 2.13. The maximum atomic E-state index is 13.0. The van der Waals surface area contributed by atoms with Gasteiger partial charge in [-0.15, -0.1) is 0 Å². The number of quaternary nitrogens is 1. The topological polar surface area (TPSA) is 60.2 Å². The van der Waals surface area contributed by atoms with Gasteiger partial charge < -0.3 is 5.73 Å². The number of primary amides is 1. The van der Waals surface area contributed by atoms with E-state index in [1.165, 1.54) is 13.0 Å². The number of hydrogen-bond acceptors (Lipinski definition) is 2. The highest BCUT2D eigenvalue weighted by Gasteiger charge is 2.49. The molecule has 4 nitrogen and oxygen atoms in total. The molecule has 1 aliphatic rings. The molecule has 1 unspecified atom stereocenters. The van der Waals surface area contributed by atoms with Gasteiger partial charge in [0.05, 0.1) is 19.0 Å². The summed E-state index contributed by atoms with van der Waals surface area (Å²) in [6, 6.07) is 3.19. The lowest BCUT2D eigenvalue weighted by Gasteiger charge is -2.32. The quantitative estimate of drug-likeness (QED) is 0.869. The van der Waals surface area contributed by atoms with E-state index >= 15 is 0 Å². The van der Waals surface area contributed by atoms with Gasteiger partial charge in [-0.3, -0.25) is 4.79 Å². The molecule has 7 heteroatoms. The smallest absolute Gasteiger partial charge is 0.364 e. The van der Waals surface area contributed by atoms with Gasteiger partial charge in [0.1, 0.15) is 6.54 Å². The zero-order valence-electron chi connectivity index (χ0n) is 12.4. The molecule has 2 rings (SSSR count). The molecule has 1 aliphatic heterocycles. The first-order valence-electron chi connectivity index (χ1n) is 6.91. The standard InChI is InChI=1S/C15H17F3N2O2/c1-9-10(4-3-5-11(9)15(16,17)18)8-20(2)12(14(19)22)6-7-13(20)21/h3-5,12H,6-8H2,1-2H3,(H-,19,22)/p+1/t12-,20?/m0/s1. The van der Waals surface area contributed by atoms with Crippen molar-refractivity contribution in [1.82, 2.24) is 0 Å². The Labute approximate surface area is 126 Å². The van der Waals surface area contributed by atoms with Gasteiger partial charge in [-0.05, 0) is 18.6 Å². The second-order valence-electron chi connectivity index (χ2n) is 5.86. The van der Waals surface area contributed by atoms with Crippen LogP contribution in [0.1, 0.15) is 29.5 Å². The van der Waals surface area contributed by atoms with Crippen molar-refractivity contribution in [2.75, 3.05) is 7.05 Å². The highest BCUT2D eigenvalue weighted by atomic mass is 19.4. The Morgan fingerprint density at radius 3 is 2.59 bits per heavy atom. The Kier molecular flexibility index (Phi) is 4.04. The minimum absolute atomic E-state index is 0.0300. The van der Waals surface area contributed by atoms with Crippen molar-refractivity contribution >= 4 is 11.8 Å². The number of nitrogens with two attached hydrogens (primary N) is 1. The van der Waals surface area contributed by atoms with Gasteiger partial charge in [0.2, 0.25) is 0 Å². The molecule has 1 aromatic rings. The normalized spacial score (nSPS) is 25.5. The zero-order valence-corrected chi connectivity index (χ0v) is 12.4. The van der Waals surface area contributed by atoms with E-state index < -0.39 is 23.7 Å². The largest absolute Gasteiger partial charge is 0.416 e. The Morgan fingerprint density at radius 2 is 2.05 bits per heavy atom. The zero-order chi connectivity index (χ0) is 16.7. The lowest BCUT2D eigenvalue weighted by molar-refractivity contribution is -0.855. The number of carbonyl (C=O) groups excluding carboxylic acids is 2. The van der Waals surface area contributed by atoms with Crippen LogP contribution in [0, 0.1) is 6.92 Å². The molecular formula is C15H18F3N2O2+. The van der Waals surface area contributed by atoms with Gasteiger partial charge in [-0.1, -0.05) is 12.1 Å². The van der Waals surface area contributed by atoms with Crippen molar-refractivity contribution in [2.24, 2.45) is 5.73 Å². The first kappa shape index (κ1) is 16.5. The van der Waals surface area contributed by atoms with E-state index in [9.17, 15) is 22.8 Å². The number of likely N-dealkylation sites (tertiary alicyclic amines) is 1. The van der Waals surface area contributed by atoms with E-state index in [0.29, 0.717) is 12.0 Å². The molecule has 1 fully saturated rings. The monoisotopic (exact) mass is 315 g/mol. The summed E-state index contributed by atoms with van der Waals surface area (Å²) >= 11 is 0. The number of benzene rings is 1. The fraction of sp³-hybridized carbons (Fsp3) is 0.467. The van der Waals surface area contributed by atoms with Gasteiger partial charge in [0, 0.05) is 12.0 Å². The van der Waals surface area contributed by atoms with Gasteiger partial charge >= 0.3 is 12.1 Å². The van der Waals surface area contributed by atoms with Crippen molar-refractivity contribution in [1.29, 1.82) is 0 Å². The average Bonchev–Trinajstić information content (AvgIpc) is 2.67. The number of halogens is 3. The lowest BCUT2D eigenvalue weighted by Crippen LogP contribution is -2.55. The molecular weight excluding hydrogens is 297 g/mol. The maximum absolute atomic E-state index is 13.0. The van der Waals surface area contributed by atoms with E-state index in [0.717, 1.165) is 6.07 Å². The summed E-state index contributed by atoms with van der Waals surface area (Å²) in [4.78, 5) is 23.7. The van der Waals surface area contributed by atoms with Crippen LogP contribution in [0.5, 0.6) is 0 Å². The van der Waals surface area contributed by atoms with Crippen LogP contribution in [-0.4, -0.2) is 29.4 Å². The molecule has 1 saturated heterocycles. The molecule has 0 bridgehead atoms. The molecule has 0 aromatic heterocycles. The Hall–Kier alpha value is -1.89. The third kappa shape index (κ3) is 2.72. The highest BCUT2D eigenvalue weighted by molar-refractivity contribution is 5.84. The van der Waals surface area contributed by atoms with Gasteiger partial charge in [-0.25, -0.2) is 9.28 Å². The second kappa shape index (κ2) is 5.39. The summed E-state index contributed by atoms with van der Waals surface area (Å²) < 4.78 is 38.7. The first-order chi connectivity index (χ1) is 10.1. The molecule has 1 heterocycles. The summed E-state index contributed by atoms with van der Waals surface area (Å²) in [6.45, 7) is 1.41. The fourth-order valence-corrected chi connectivity index (χ4v) is 3.11. The number of amides is 2. The van der Waals surface area contributed by atoms with Crippen molar-refractivity contribution in [2.45, 2.75) is 38.5 Å². The first-order valence-corrected chi connectivity index (χ1v) is 6.91. The van der Waals surface area contributed by atoms with Crippen LogP contribution in [0.4, 0.5) is 13.2 Å². The van der Waals surface area contributed by atoms with Crippen LogP contribution >= 0.6 is 0 Å². The molecule has 0 spiro atoms. The number of hydrogen-bond donors (Lipinski definition) is 1. The lowest BCUT2D eigenvalue weighted by atomic mass is 10.0. The summed E-state index contributed by atoms with van der Waals surface area (Å²) in [5, 5.41) is 0. The van der Waals surface area contributed by atoms with E-state index in [-0.39, 0.29) is 28.9 Å². The second-order valence-corrected chi connectivity index (χ2v) is 5.86. The van der Waals surface area contributed by atoms with Gasteiger partial charge in [0.15, 0.2) is 6.04 Å². The van der Waals surface area contributed by atoms with Crippen molar-refractivity contribution in [3.63, 3.8) is 0 Å². The van der Waals surface area contributed by atoms with E-state index in [1.807, 2.05) is 0 Å².